The summed E-state index contributed by atoms with van der Waals surface area (Å²) < 4.78 is 42.2. The summed E-state index contributed by atoms with van der Waals surface area (Å²) in [6.07, 6.45) is -1.59. The Bertz CT molecular complexity index is 512. The van der Waals surface area contributed by atoms with Gasteiger partial charge in [-0.2, -0.15) is 13.2 Å². The van der Waals surface area contributed by atoms with Crippen LogP contribution in [0.15, 0.2) is 24.3 Å². The van der Waals surface area contributed by atoms with Gasteiger partial charge in [0.05, 0.1) is 18.6 Å². The second kappa shape index (κ2) is 9.17. The third kappa shape index (κ3) is 7.17. The number of carbonyl (C=O) groups excluding carboxylic acids is 2. The Morgan fingerprint density at radius 2 is 1.78 bits per heavy atom. The molecule has 1 N–H and O–H groups in total. The molecule has 1 amide bonds. The summed E-state index contributed by atoms with van der Waals surface area (Å²) in [6, 6.07) is 3.89. The Morgan fingerprint density at radius 1 is 1.13 bits per heavy atom. The van der Waals surface area contributed by atoms with Crippen LogP contribution in [0.3, 0.4) is 0 Å². The number of hydrogen-bond acceptors (Lipinski definition) is 3. The molecule has 1 aromatic rings. The molecule has 0 atom stereocenters. The Kier molecular flexibility index (Phi) is 7.57. The fourth-order valence-corrected chi connectivity index (χ4v) is 1.80. The van der Waals surface area contributed by atoms with Crippen molar-refractivity contribution in [3.8, 4) is 0 Å². The molecular formula is C16H20F3NO3. The Balaban J connectivity index is 2.32. The number of esters is 1. The van der Waals surface area contributed by atoms with Crippen molar-refractivity contribution in [3.63, 3.8) is 0 Å². The molecule has 23 heavy (non-hydrogen) atoms. The van der Waals surface area contributed by atoms with Gasteiger partial charge in [0.1, 0.15) is 0 Å². The number of halogens is 3. The van der Waals surface area contributed by atoms with Gasteiger partial charge < -0.3 is 10.1 Å². The number of ether oxygens (including phenoxy) is 1. The molecule has 0 saturated carbocycles. The van der Waals surface area contributed by atoms with Crippen molar-refractivity contribution in [2.24, 2.45) is 0 Å². The second-order valence-electron chi connectivity index (χ2n) is 5.01. The molecule has 0 fully saturated rings. The molecule has 128 valence electrons. The van der Waals surface area contributed by atoms with Crippen molar-refractivity contribution >= 4 is 11.9 Å². The summed E-state index contributed by atoms with van der Waals surface area (Å²) in [5.41, 5.74) is -0.709. The van der Waals surface area contributed by atoms with Crippen molar-refractivity contribution < 1.29 is 27.5 Å². The van der Waals surface area contributed by atoms with Gasteiger partial charge in [0.15, 0.2) is 0 Å². The number of rotatable bonds is 8. The van der Waals surface area contributed by atoms with Gasteiger partial charge >= 0.3 is 12.1 Å². The maximum absolute atomic E-state index is 12.4. The van der Waals surface area contributed by atoms with Crippen LogP contribution in [0.1, 0.15) is 48.5 Å². The molecule has 0 unspecified atom stereocenters. The highest BCUT2D eigenvalue weighted by atomic mass is 19.4. The van der Waals surface area contributed by atoms with Gasteiger partial charge in [0.25, 0.3) is 5.91 Å². The first-order valence-electron chi connectivity index (χ1n) is 7.45. The predicted octanol–water partition coefficient (Wildman–Crippen LogP) is 3.56. The first-order chi connectivity index (χ1) is 10.8. The van der Waals surface area contributed by atoms with Crippen LogP contribution in [0.4, 0.5) is 13.2 Å². The van der Waals surface area contributed by atoms with E-state index in [1.807, 2.05) is 6.92 Å². The van der Waals surface area contributed by atoms with Crippen molar-refractivity contribution in [1.82, 2.24) is 5.32 Å². The van der Waals surface area contributed by atoms with E-state index in [2.05, 4.69) is 5.32 Å². The fourth-order valence-electron chi connectivity index (χ4n) is 1.80. The topological polar surface area (TPSA) is 55.4 Å². The molecule has 0 aliphatic heterocycles. The van der Waals surface area contributed by atoms with Gasteiger partial charge in [0, 0.05) is 12.1 Å². The quantitative estimate of drug-likeness (QED) is 0.585. The molecule has 0 aliphatic carbocycles. The maximum atomic E-state index is 12.4. The Hall–Kier alpha value is -2.05. The molecule has 1 rings (SSSR count). The van der Waals surface area contributed by atoms with E-state index in [4.69, 9.17) is 4.74 Å². The first-order valence-corrected chi connectivity index (χ1v) is 7.45. The predicted molar refractivity (Wildman–Crippen MR) is 78.9 cm³/mol. The summed E-state index contributed by atoms with van der Waals surface area (Å²) in [5, 5.41) is 2.47. The monoisotopic (exact) mass is 331 g/mol. The highest BCUT2D eigenvalue weighted by Gasteiger charge is 2.30. The standard InChI is InChI=1S/C16H20F3NO3/c1-2-3-4-11-23-14(21)9-10-20-15(22)12-5-7-13(8-6-12)16(17,18)19/h5-8H,2-4,9-11H2,1H3,(H,20,22). The minimum absolute atomic E-state index is 0.0263. The minimum Gasteiger partial charge on any atom is -0.466 e. The van der Waals surface area contributed by atoms with E-state index in [0.29, 0.717) is 6.61 Å². The molecule has 0 spiro atoms. The first kappa shape index (κ1) is 19.0. The van der Waals surface area contributed by atoms with Crippen LogP contribution >= 0.6 is 0 Å². The number of amides is 1. The van der Waals surface area contributed by atoms with Gasteiger partial charge in [0.2, 0.25) is 0 Å². The van der Waals surface area contributed by atoms with Crippen LogP contribution in [-0.2, 0) is 15.7 Å². The molecule has 4 nitrogen and oxygen atoms in total. The number of hydrogen-bond donors (Lipinski definition) is 1. The zero-order valence-electron chi connectivity index (χ0n) is 12.9. The normalized spacial score (nSPS) is 11.1. The van der Waals surface area contributed by atoms with Gasteiger partial charge in [-0.05, 0) is 30.7 Å². The van der Waals surface area contributed by atoms with Crippen LogP contribution < -0.4 is 5.32 Å². The van der Waals surface area contributed by atoms with E-state index >= 15 is 0 Å². The van der Waals surface area contributed by atoms with Gasteiger partial charge in [-0.15, -0.1) is 0 Å². The third-order valence-corrected chi connectivity index (χ3v) is 3.10. The van der Waals surface area contributed by atoms with E-state index in [1.54, 1.807) is 0 Å². The summed E-state index contributed by atoms with van der Waals surface area (Å²) in [6.45, 7) is 2.48. The van der Waals surface area contributed by atoms with E-state index in [1.165, 1.54) is 0 Å². The van der Waals surface area contributed by atoms with Crippen molar-refractivity contribution in [2.75, 3.05) is 13.2 Å². The number of alkyl halides is 3. The lowest BCUT2D eigenvalue weighted by Gasteiger charge is -2.08. The van der Waals surface area contributed by atoms with Crippen LogP contribution in [0.25, 0.3) is 0 Å². The highest BCUT2D eigenvalue weighted by molar-refractivity contribution is 5.94. The molecule has 7 heteroatoms. The SMILES string of the molecule is CCCCCOC(=O)CCNC(=O)c1ccc(C(F)(F)F)cc1. The van der Waals surface area contributed by atoms with E-state index in [0.717, 1.165) is 43.5 Å². The lowest BCUT2D eigenvalue weighted by molar-refractivity contribution is -0.143. The summed E-state index contributed by atoms with van der Waals surface area (Å²) >= 11 is 0. The van der Waals surface area contributed by atoms with E-state index < -0.39 is 23.6 Å². The maximum Gasteiger partial charge on any atom is 0.416 e. The van der Waals surface area contributed by atoms with Gasteiger partial charge in [-0.3, -0.25) is 9.59 Å². The van der Waals surface area contributed by atoms with E-state index in [-0.39, 0.29) is 18.5 Å². The number of nitrogens with one attached hydrogen (secondary N) is 1. The zero-order valence-corrected chi connectivity index (χ0v) is 12.9. The highest BCUT2D eigenvalue weighted by Crippen LogP contribution is 2.29. The van der Waals surface area contributed by atoms with Crippen LogP contribution in [0.2, 0.25) is 0 Å². The van der Waals surface area contributed by atoms with Crippen LogP contribution in [0, 0.1) is 0 Å². The summed E-state index contributed by atoms with van der Waals surface area (Å²) in [7, 11) is 0. The molecule has 0 heterocycles. The average Bonchev–Trinajstić information content (AvgIpc) is 2.51. The third-order valence-electron chi connectivity index (χ3n) is 3.10. The Labute approximate surface area is 133 Å². The smallest absolute Gasteiger partial charge is 0.416 e. The fraction of sp³-hybridized carbons (Fsp3) is 0.500. The van der Waals surface area contributed by atoms with Gasteiger partial charge in [-0.1, -0.05) is 19.8 Å². The molecule has 0 saturated heterocycles. The minimum atomic E-state index is -4.43. The van der Waals surface area contributed by atoms with Gasteiger partial charge in [-0.25, -0.2) is 0 Å². The summed E-state index contributed by atoms with van der Waals surface area (Å²) in [5.74, 6) is -0.939. The zero-order chi connectivity index (χ0) is 17.3. The molecule has 0 aliphatic rings. The number of unbranched alkanes of at least 4 members (excludes halogenated alkanes) is 2. The molecule has 0 radical (unpaired) electrons. The molecule has 0 bridgehead atoms. The van der Waals surface area contributed by atoms with Crippen LogP contribution in [-0.4, -0.2) is 25.0 Å². The van der Waals surface area contributed by atoms with Crippen molar-refractivity contribution in [1.29, 1.82) is 0 Å². The molecule has 1 aromatic carbocycles. The largest absolute Gasteiger partial charge is 0.466 e. The molecule has 0 aromatic heterocycles. The van der Waals surface area contributed by atoms with Crippen molar-refractivity contribution in [2.45, 2.75) is 38.8 Å². The second-order valence-corrected chi connectivity index (χ2v) is 5.01. The lowest BCUT2D eigenvalue weighted by Crippen LogP contribution is -2.26. The lowest BCUT2D eigenvalue weighted by atomic mass is 10.1. The summed E-state index contributed by atoms with van der Waals surface area (Å²) in [4.78, 5) is 23.1. The Morgan fingerprint density at radius 3 is 2.35 bits per heavy atom. The molecular weight excluding hydrogens is 311 g/mol. The average molecular weight is 331 g/mol. The van der Waals surface area contributed by atoms with Crippen LogP contribution in [0.5, 0.6) is 0 Å². The van der Waals surface area contributed by atoms with Crippen molar-refractivity contribution in [3.05, 3.63) is 35.4 Å². The van der Waals surface area contributed by atoms with E-state index in [9.17, 15) is 22.8 Å². The number of benzene rings is 1. The number of carbonyl (C=O) groups is 2.